The normalized spacial score (nSPS) is 25.6. The minimum Gasteiger partial charge on any atom is -0.542 e. The van der Waals surface area contributed by atoms with Gasteiger partial charge in [0.05, 0.1) is 19.2 Å². The molecule has 1 aliphatic heterocycles. The van der Waals surface area contributed by atoms with Crippen LogP contribution in [0.3, 0.4) is 0 Å². The molecule has 5 heteroatoms. The number of carboxylic acid groups (broad SMARTS) is 1. The Balaban J connectivity index is 1.91. The van der Waals surface area contributed by atoms with E-state index in [2.05, 4.69) is 0 Å². The zero-order chi connectivity index (χ0) is 11.5. The first-order chi connectivity index (χ1) is 7.65. The van der Waals surface area contributed by atoms with Crippen LogP contribution in [-0.2, 0) is 6.54 Å². The molecule has 0 amide bonds. The molecular weight excluding hydrogens is 210 g/mol. The molecule has 2 rings (SSSR count). The second-order valence-corrected chi connectivity index (χ2v) is 4.21. The molecule has 16 heavy (non-hydrogen) atoms. The van der Waals surface area contributed by atoms with Gasteiger partial charge in [-0.05, 0) is 12.1 Å². The number of aliphatic hydroxyl groups excluding tert-OH is 1. The van der Waals surface area contributed by atoms with Crippen molar-refractivity contribution < 1.29 is 24.3 Å². The summed E-state index contributed by atoms with van der Waals surface area (Å²) in [6.07, 6.45) is 1.41. The first-order valence-corrected chi connectivity index (χ1v) is 5.47. The van der Waals surface area contributed by atoms with E-state index in [1.54, 1.807) is 6.07 Å². The van der Waals surface area contributed by atoms with E-state index in [0.717, 1.165) is 25.9 Å². The average Bonchev–Trinajstić information content (AvgIpc) is 2.70. The fraction of sp³-hybridized carbons (Fsp3) is 0.545. The molecule has 1 aliphatic rings. The topological polar surface area (TPSA) is 77.9 Å². The largest absolute Gasteiger partial charge is 0.542 e. The Bertz CT molecular complexity index is 366. The number of carboxylic acids is 1. The Labute approximate surface area is 93.3 Å². The zero-order valence-corrected chi connectivity index (χ0v) is 8.94. The van der Waals surface area contributed by atoms with E-state index >= 15 is 0 Å². The highest BCUT2D eigenvalue weighted by Gasteiger charge is 2.21. The van der Waals surface area contributed by atoms with Crippen molar-refractivity contribution in [2.45, 2.75) is 25.5 Å². The molecule has 2 N–H and O–H groups in total. The molecule has 2 heterocycles. The highest BCUT2D eigenvalue weighted by Crippen LogP contribution is 2.06. The van der Waals surface area contributed by atoms with Gasteiger partial charge in [0.25, 0.3) is 0 Å². The van der Waals surface area contributed by atoms with Crippen LogP contribution in [0.25, 0.3) is 0 Å². The number of carbonyl (C=O) groups excluding carboxylic acids is 1. The van der Waals surface area contributed by atoms with Gasteiger partial charge in [-0.25, -0.2) is 0 Å². The number of hydrogen-bond acceptors (Lipinski definition) is 4. The van der Waals surface area contributed by atoms with E-state index in [1.165, 1.54) is 11.0 Å². The van der Waals surface area contributed by atoms with Gasteiger partial charge in [0.2, 0.25) is 0 Å². The van der Waals surface area contributed by atoms with Gasteiger partial charge in [-0.15, -0.1) is 0 Å². The summed E-state index contributed by atoms with van der Waals surface area (Å²) in [6.45, 7) is 2.45. The molecule has 0 aromatic carbocycles. The van der Waals surface area contributed by atoms with E-state index in [1.807, 2.05) is 0 Å². The summed E-state index contributed by atoms with van der Waals surface area (Å²) in [5.74, 6) is -0.743. The predicted molar refractivity (Wildman–Crippen MR) is 52.7 cm³/mol. The number of likely N-dealkylation sites (tertiary alicyclic amines) is 1. The third kappa shape index (κ3) is 2.62. The molecule has 1 aromatic rings. The van der Waals surface area contributed by atoms with E-state index in [4.69, 9.17) is 4.42 Å². The molecule has 1 saturated heterocycles. The van der Waals surface area contributed by atoms with Crippen LogP contribution < -0.4 is 10.0 Å². The lowest BCUT2D eigenvalue weighted by Gasteiger charge is -2.25. The summed E-state index contributed by atoms with van der Waals surface area (Å²) in [7, 11) is 0. The van der Waals surface area contributed by atoms with Crippen molar-refractivity contribution in [2.75, 3.05) is 13.1 Å². The zero-order valence-electron chi connectivity index (χ0n) is 8.94. The standard InChI is InChI=1S/C11H15NO4/c13-8-3-5-12(6-4-8)7-9-1-2-10(16-9)11(14)15/h1-2,8,13H,3-7H2,(H,14,15). The van der Waals surface area contributed by atoms with Crippen molar-refractivity contribution in [1.29, 1.82) is 0 Å². The monoisotopic (exact) mass is 225 g/mol. The van der Waals surface area contributed by atoms with E-state index in [-0.39, 0.29) is 11.9 Å². The Morgan fingerprint density at radius 2 is 2.19 bits per heavy atom. The quantitative estimate of drug-likeness (QED) is 0.635. The summed E-state index contributed by atoms with van der Waals surface area (Å²) in [5, 5.41) is 19.9. The van der Waals surface area contributed by atoms with Gasteiger partial charge in [-0.1, -0.05) is 0 Å². The third-order valence-corrected chi connectivity index (χ3v) is 2.95. The molecule has 0 unspecified atom stereocenters. The lowest BCUT2D eigenvalue weighted by molar-refractivity contribution is -0.920. The highest BCUT2D eigenvalue weighted by atomic mass is 16.4. The molecule has 1 aromatic heterocycles. The number of quaternary nitrogens is 1. The molecule has 88 valence electrons. The number of aliphatic hydroxyl groups is 1. The van der Waals surface area contributed by atoms with Crippen LogP contribution in [0.1, 0.15) is 29.2 Å². The van der Waals surface area contributed by atoms with E-state index in [0.29, 0.717) is 12.3 Å². The Morgan fingerprint density at radius 1 is 1.50 bits per heavy atom. The summed E-state index contributed by atoms with van der Waals surface area (Å²) < 4.78 is 5.13. The molecule has 0 saturated carbocycles. The molecule has 0 radical (unpaired) electrons. The number of furan rings is 1. The second-order valence-electron chi connectivity index (χ2n) is 4.21. The Hall–Kier alpha value is -1.33. The van der Waals surface area contributed by atoms with Gasteiger partial charge >= 0.3 is 0 Å². The molecule has 1 fully saturated rings. The van der Waals surface area contributed by atoms with Crippen molar-refractivity contribution in [3.8, 4) is 0 Å². The molecule has 0 atom stereocenters. The average molecular weight is 225 g/mol. The van der Waals surface area contributed by atoms with Crippen molar-refractivity contribution in [1.82, 2.24) is 0 Å². The molecular formula is C11H15NO4. The van der Waals surface area contributed by atoms with Crippen molar-refractivity contribution in [3.05, 3.63) is 23.7 Å². The van der Waals surface area contributed by atoms with E-state index in [9.17, 15) is 15.0 Å². The van der Waals surface area contributed by atoms with Gasteiger partial charge in [0.15, 0.2) is 5.76 Å². The first-order valence-electron chi connectivity index (χ1n) is 5.47. The summed E-state index contributed by atoms with van der Waals surface area (Å²) in [4.78, 5) is 11.8. The lowest BCUT2D eigenvalue weighted by atomic mass is 10.1. The van der Waals surface area contributed by atoms with Gasteiger partial charge in [-0.2, -0.15) is 0 Å². The maximum atomic E-state index is 10.5. The Morgan fingerprint density at radius 3 is 2.75 bits per heavy atom. The second kappa shape index (κ2) is 4.67. The van der Waals surface area contributed by atoms with Gasteiger partial charge in [-0.3, -0.25) is 0 Å². The Kier molecular flexibility index (Phi) is 3.26. The van der Waals surface area contributed by atoms with Gasteiger partial charge < -0.3 is 24.3 Å². The van der Waals surface area contributed by atoms with Gasteiger partial charge in [0.1, 0.15) is 18.3 Å². The van der Waals surface area contributed by atoms with Crippen LogP contribution in [-0.4, -0.2) is 30.3 Å². The number of carbonyl (C=O) groups is 1. The van der Waals surface area contributed by atoms with Crippen molar-refractivity contribution in [3.63, 3.8) is 0 Å². The summed E-state index contributed by atoms with van der Waals surface area (Å²) in [6, 6.07) is 3.09. The SMILES string of the molecule is O=C([O-])c1ccc(C[NH+]2CCC(O)CC2)o1. The third-order valence-electron chi connectivity index (χ3n) is 2.95. The van der Waals surface area contributed by atoms with Crippen LogP contribution in [0.15, 0.2) is 16.5 Å². The number of rotatable bonds is 3. The van der Waals surface area contributed by atoms with Crippen LogP contribution in [0.2, 0.25) is 0 Å². The highest BCUT2D eigenvalue weighted by molar-refractivity contribution is 5.82. The molecule has 0 spiro atoms. The van der Waals surface area contributed by atoms with Crippen LogP contribution in [0.5, 0.6) is 0 Å². The fourth-order valence-electron chi connectivity index (χ4n) is 2.02. The van der Waals surface area contributed by atoms with Crippen LogP contribution in [0, 0.1) is 0 Å². The van der Waals surface area contributed by atoms with E-state index < -0.39 is 5.97 Å². The van der Waals surface area contributed by atoms with Crippen molar-refractivity contribution in [2.24, 2.45) is 0 Å². The summed E-state index contributed by atoms with van der Waals surface area (Å²) >= 11 is 0. The number of aromatic carboxylic acids is 1. The summed E-state index contributed by atoms with van der Waals surface area (Å²) in [5.41, 5.74) is 0. The minimum absolute atomic E-state index is 0.119. The van der Waals surface area contributed by atoms with Crippen LogP contribution in [0.4, 0.5) is 0 Å². The molecule has 0 bridgehead atoms. The minimum atomic E-state index is -1.28. The molecule has 0 aliphatic carbocycles. The number of piperidine rings is 1. The lowest BCUT2D eigenvalue weighted by Crippen LogP contribution is -3.12. The fourth-order valence-corrected chi connectivity index (χ4v) is 2.02. The van der Waals surface area contributed by atoms with Crippen molar-refractivity contribution >= 4 is 5.97 Å². The van der Waals surface area contributed by atoms with Gasteiger partial charge in [0, 0.05) is 12.8 Å². The number of nitrogens with one attached hydrogen (secondary N) is 1. The maximum Gasteiger partial charge on any atom is 0.159 e. The number of hydrogen-bond donors (Lipinski definition) is 2. The maximum absolute atomic E-state index is 10.5. The predicted octanol–water partition coefficient (Wildman–Crippen LogP) is -1.82. The van der Waals surface area contributed by atoms with Crippen LogP contribution >= 0.6 is 0 Å². The first kappa shape index (κ1) is 11.2. The smallest absolute Gasteiger partial charge is 0.159 e. The molecule has 5 nitrogen and oxygen atoms in total.